The molecule has 1 aromatic heterocycles. The molecule has 0 saturated heterocycles. The number of benzene rings is 1. The van der Waals surface area contributed by atoms with E-state index in [2.05, 4.69) is 31.4 Å². The van der Waals surface area contributed by atoms with Crippen molar-refractivity contribution < 1.29 is 0 Å². The first kappa shape index (κ1) is 12.5. The van der Waals surface area contributed by atoms with E-state index < -0.39 is 0 Å². The lowest BCUT2D eigenvalue weighted by Crippen LogP contribution is -2.23. The molecule has 1 saturated carbocycles. The zero-order valence-electron chi connectivity index (χ0n) is 12.1. The van der Waals surface area contributed by atoms with E-state index in [1.54, 1.807) is 0 Å². The quantitative estimate of drug-likeness (QED) is 0.828. The normalized spacial score (nSPS) is 22.2. The molecule has 0 spiro atoms. The number of nitrogens with zero attached hydrogens (tertiary/aromatic N) is 2. The Balaban J connectivity index is 2.21. The molecular formula is C16H23N3. The van der Waals surface area contributed by atoms with E-state index >= 15 is 0 Å². The number of anilines is 1. The van der Waals surface area contributed by atoms with E-state index in [0.29, 0.717) is 11.5 Å². The van der Waals surface area contributed by atoms with Gasteiger partial charge in [0.25, 0.3) is 0 Å². The van der Waals surface area contributed by atoms with Crippen molar-refractivity contribution in [2.75, 3.05) is 5.73 Å². The van der Waals surface area contributed by atoms with Gasteiger partial charge in [-0.3, -0.25) is 0 Å². The molecule has 0 aliphatic heterocycles. The summed E-state index contributed by atoms with van der Waals surface area (Å²) in [5.74, 6) is 1.19. The van der Waals surface area contributed by atoms with Gasteiger partial charge in [-0.15, -0.1) is 0 Å². The molecule has 3 rings (SSSR count). The average molecular weight is 257 g/mol. The highest BCUT2D eigenvalue weighted by molar-refractivity contribution is 5.80. The number of hydrogen-bond acceptors (Lipinski definition) is 2. The second kappa shape index (κ2) is 4.26. The molecule has 1 unspecified atom stereocenters. The van der Waals surface area contributed by atoms with Crippen LogP contribution >= 0.6 is 0 Å². The summed E-state index contributed by atoms with van der Waals surface area (Å²) < 4.78 is 2.47. The molecule has 1 heterocycles. The topological polar surface area (TPSA) is 43.8 Å². The Hall–Kier alpha value is -1.51. The molecule has 0 bridgehead atoms. The maximum absolute atomic E-state index is 5.88. The van der Waals surface area contributed by atoms with E-state index in [0.717, 1.165) is 17.6 Å². The highest BCUT2D eigenvalue weighted by Crippen LogP contribution is 2.47. The fraction of sp³-hybridized carbons (Fsp3) is 0.562. The third kappa shape index (κ3) is 1.92. The van der Waals surface area contributed by atoms with Crippen molar-refractivity contribution in [1.82, 2.24) is 9.55 Å². The lowest BCUT2D eigenvalue weighted by atomic mass is 9.87. The third-order valence-electron chi connectivity index (χ3n) is 4.62. The third-order valence-corrected chi connectivity index (χ3v) is 4.62. The van der Waals surface area contributed by atoms with Gasteiger partial charge in [-0.05, 0) is 36.5 Å². The minimum Gasteiger partial charge on any atom is -0.399 e. The largest absolute Gasteiger partial charge is 0.399 e. The van der Waals surface area contributed by atoms with Gasteiger partial charge in [-0.25, -0.2) is 4.98 Å². The van der Waals surface area contributed by atoms with Crippen molar-refractivity contribution in [2.24, 2.45) is 5.41 Å². The fourth-order valence-electron chi connectivity index (χ4n) is 3.55. The van der Waals surface area contributed by atoms with E-state index in [9.17, 15) is 0 Å². The summed E-state index contributed by atoms with van der Waals surface area (Å²) in [6.45, 7) is 6.95. The summed E-state index contributed by atoms with van der Waals surface area (Å²) in [5.41, 5.74) is 9.32. The maximum Gasteiger partial charge on any atom is 0.109 e. The van der Waals surface area contributed by atoms with E-state index in [-0.39, 0.29) is 0 Å². The summed E-state index contributed by atoms with van der Waals surface area (Å²) in [5, 5.41) is 0. The van der Waals surface area contributed by atoms with Crippen LogP contribution in [0, 0.1) is 5.41 Å². The van der Waals surface area contributed by atoms with Crippen LogP contribution in [0.25, 0.3) is 11.0 Å². The summed E-state index contributed by atoms with van der Waals surface area (Å²) in [4.78, 5) is 4.79. The van der Waals surface area contributed by atoms with Crippen LogP contribution in [0.5, 0.6) is 0 Å². The molecule has 1 atom stereocenters. The number of fused-ring (bicyclic) bond motifs is 1. The van der Waals surface area contributed by atoms with Crippen LogP contribution in [-0.2, 0) is 6.42 Å². The zero-order chi connectivity index (χ0) is 13.6. The predicted octanol–water partition coefficient (Wildman–Crippen LogP) is 3.93. The van der Waals surface area contributed by atoms with Crippen molar-refractivity contribution >= 4 is 16.7 Å². The molecule has 3 nitrogen and oxygen atoms in total. The number of hydrogen-bond donors (Lipinski definition) is 1. The summed E-state index contributed by atoms with van der Waals surface area (Å²) >= 11 is 0. The van der Waals surface area contributed by atoms with Crippen molar-refractivity contribution in [3.8, 4) is 0 Å². The minimum atomic E-state index is 0.360. The molecule has 1 aliphatic carbocycles. The van der Waals surface area contributed by atoms with Gasteiger partial charge in [0.05, 0.1) is 11.0 Å². The molecule has 1 aromatic carbocycles. The Morgan fingerprint density at radius 1 is 1.42 bits per heavy atom. The number of aryl methyl sites for hydroxylation is 1. The fourth-order valence-corrected chi connectivity index (χ4v) is 3.55. The highest BCUT2D eigenvalue weighted by Gasteiger charge is 2.37. The lowest BCUT2D eigenvalue weighted by Gasteiger charge is -2.30. The van der Waals surface area contributed by atoms with Crippen LogP contribution in [-0.4, -0.2) is 9.55 Å². The van der Waals surface area contributed by atoms with Gasteiger partial charge in [-0.2, -0.15) is 0 Å². The van der Waals surface area contributed by atoms with E-state index in [1.165, 1.54) is 30.6 Å². The van der Waals surface area contributed by atoms with Gasteiger partial charge in [0.1, 0.15) is 5.82 Å². The van der Waals surface area contributed by atoms with Crippen LogP contribution in [0.4, 0.5) is 5.69 Å². The molecule has 1 fully saturated rings. The highest BCUT2D eigenvalue weighted by atomic mass is 15.1. The number of nitrogen functional groups attached to an aromatic ring is 1. The molecule has 1 aliphatic rings. The second-order valence-corrected chi connectivity index (χ2v) is 6.40. The van der Waals surface area contributed by atoms with Gasteiger partial charge in [-0.1, -0.05) is 27.2 Å². The van der Waals surface area contributed by atoms with Crippen molar-refractivity contribution in [1.29, 1.82) is 0 Å². The molecule has 19 heavy (non-hydrogen) atoms. The Labute approximate surface area is 114 Å². The van der Waals surface area contributed by atoms with Crippen LogP contribution in [0.3, 0.4) is 0 Å². The standard InChI is InChI=1S/C16H23N3/c1-4-15-18-12-10-11(17)7-8-13(12)19(15)14-6-5-9-16(14,2)3/h7-8,10,14H,4-6,9,17H2,1-3H3. The van der Waals surface area contributed by atoms with Crippen molar-refractivity contribution in [2.45, 2.75) is 52.5 Å². The number of imidazole rings is 1. The molecule has 3 heteroatoms. The first-order valence-corrected chi connectivity index (χ1v) is 7.29. The minimum absolute atomic E-state index is 0.360. The predicted molar refractivity (Wildman–Crippen MR) is 80.2 cm³/mol. The first-order valence-electron chi connectivity index (χ1n) is 7.29. The molecule has 0 amide bonds. The molecule has 2 N–H and O–H groups in total. The zero-order valence-corrected chi connectivity index (χ0v) is 12.1. The first-order chi connectivity index (χ1) is 9.03. The Morgan fingerprint density at radius 2 is 2.21 bits per heavy atom. The monoisotopic (exact) mass is 257 g/mol. The smallest absolute Gasteiger partial charge is 0.109 e. The maximum atomic E-state index is 5.88. The number of aromatic nitrogens is 2. The Kier molecular flexibility index (Phi) is 2.80. The lowest BCUT2D eigenvalue weighted by molar-refractivity contribution is 0.261. The van der Waals surface area contributed by atoms with Gasteiger partial charge >= 0.3 is 0 Å². The number of nitrogens with two attached hydrogens (primary N) is 1. The molecule has 102 valence electrons. The van der Waals surface area contributed by atoms with Crippen molar-refractivity contribution in [3.63, 3.8) is 0 Å². The SMILES string of the molecule is CCc1nc2cc(N)ccc2n1C1CCCC1(C)C. The second-order valence-electron chi connectivity index (χ2n) is 6.40. The van der Waals surface area contributed by atoms with Gasteiger partial charge in [0.15, 0.2) is 0 Å². The summed E-state index contributed by atoms with van der Waals surface area (Å²) in [6, 6.07) is 6.68. The average Bonchev–Trinajstić information content (AvgIpc) is 2.87. The van der Waals surface area contributed by atoms with Gasteiger partial charge < -0.3 is 10.3 Å². The van der Waals surface area contributed by atoms with E-state index in [4.69, 9.17) is 10.7 Å². The molecular weight excluding hydrogens is 234 g/mol. The van der Waals surface area contributed by atoms with Crippen LogP contribution in [0.1, 0.15) is 51.9 Å². The Bertz CT molecular complexity index is 610. The van der Waals surface area contributed by atoms with E-state index in [1.807, 2.05) is 12.1 Å². The summed E-state index contributed by atoms with van der Waals surface area (Å²) in [7, 11) is 0. The van der Waals surface area contributed by atoms with Crippen LogP contribution < -0.4 is 5.73 Å². The Morgan fingerprint density at radius 3 is 2.84 bits per heavy atom. The van der Waals surface area contributed by atoms with Gasteiger partial charge in [0.2, 0.25) is 0 Å². The van der Waals surface area contributed by atoms with Crippen molar-refractivity contribution in [3.05, 3.63) is 24.0 Å². The molecule has 2 aromatic rings. The summed E-state index contributed by atoms with van der Waals surface area (Å²) in [6.07, 6.45) is 4.85. The molecule has 0 radical (unpaired) electrons. The van der Waals surface area contributed by atoms with Gasteiger partial charge in [0, 0.05) is 18.2 Å². The number of rotatable bonds is 2. The van der Waals surface area contributed by atoms with Crippen LogP contribution in [0.15, 0.2) is 18.2 Å². The van der Waals surface area contributed by atoms with Crippen LogP contribution in [0.2, 0.25) is 0 Å².